The summed E-state index contributed by atoms with van der Waals surface area (Å²) >= 11 is 0. The Labute approximate surface area is 219 Å². The first-order valence-corrected chi connectivity index (χ1v) is 14.0. The van der Waals surface area contributed by atoms with Gasteiger partial charge in [0.15, 0.2) is 6.29 Å². The van der Waals surface area contributed by atoms with Gasteiger partial charge in [0.05, 0.1) is 18.8 Å². The van der Waals surface area contributed by atoms with Crippen LogP contribution in [0.2, 0.25) is 0 Å². The number of carbonyl (C=O) groups is 1. The molecule has 0 radical (unpaired) electrons. The predicted molar refractivity (Wildman–Crippen MR) is 155 cm³/mol. The summed E-state index contributed by atoms with van der Waals surface area (Å²) in [5.74, 6) is 1.36. The Morgan fingerprint density at radius 1 is 0.667 bits per heavy atom. The molecule has 0 unspecified atom stereocenters. The van der Waals surface area contributed by atoms with Crippen molar-refractivity contribution < 1.29 is 14.3 Å². The fraction of sp³-hybridized carbons (Fsp3) is 0.485. The second-order valence-electron chi connectivity index (χ2n) is 9.49. The van der Waals surface area contributed by atoms with E-state index in [1.807, 2.05) is 42.5 Å². The predicted octanol–water partition coefficient (Wildman–Crippen LogP) is 9.79. The molecule has 0 fully saturated rings. The van der Waals surface area contributed by atoms with Gasteiger partial charge in [0, 0.05) is 5.56 Å². The van der Waals surface area contributed by atoms with Gasteiger partial charge in [-0.3, -0.25) is 4.79 Å². The first-order chi connectivity index (χ1) is 17.7. The van der Waals surface area contributed by atoms with Crippen molar-refractivity contribution in [3.63, 3.8) is 0 Å². The molecule has 0 atom stereocenters. The average molecular weight is 491 g/mol. The van der Waals surface area contributed by atoms with Crippen LogP contribution in [0.3, 0.4) is 0 Å². The van der Waals surface area contributed by atoms with Crippen LogP contribution >= 0.6 is 0 Å². The standard InChI is InChI=1S/C33H46O3/c1-4-7-9-11-13-15-23-35-32-25-30(22-21-29-19-17-28(6-3)18-20-29)33(31(26-32)27-34)36-24-16-14-12-10-8-5-2/h6,17-22,25-27H,3-5,7-16,23-24H2,1-2H3. The molecule has 0 aliphatic heterocycles. The highest BCUT2D eigenvalue weighted by molar-refractivity contribution is 5.85. The quantitative estimate of drug-likeness (QED) is 0.105. The van der Waals surface area contributed by atoms with Gasteiger partial charge in [0.25, 0.3) is 0 Å². The maximum absolute atomic E-state index is 12.0. The largest absolute Gasteiger partial charge is 0.494 e. The number of hydrogen-bond donors (Lipinski definition) is 0. The number of benzene rings is 2. The lowest BCUT2D eigenvalue weighted by molar-refractivity contribution is 0.111. The minimum atomic E-state index is 0.545. The SMILES string of the molecule is C=Cc1ccc(C=Cc2cc(OCCCCCCCC)cc(C=O)c2OCCCCCCCC)cc1. The highest BCUT2D eigenvalue weighted by Gasteiger charge is 2.12. The topological polar surface area (TPSA) is 35.5 Å². The van der Waals surface area contributed by atoms with Crippen molar-refractivity contribution in [2.75, 3.05) is 13.2 Å². The number of ether oxygens (including phenoxy) is 2. The van der Waals surface area contributed by atoms with Crippen LogP contribution in [0.5, 0.6) is 11.5 Å². The van der Waals surface area contributed by atoms with Crippen molar-refractivity contribution >= 4 is 24.5 Å². The second-order valence-corrected chi connectivity index (χ2v) is 9.49. The molecular weight excluding hydrogens is 444 g/mol. The lowest BCUT2D eigenvalue weighted by Crippen LogP contribution is -2.04. The van der Waals surface area contributed by atoms with Crippen molar-refractivity contribution in [3.05, 3.63) is 65.2 Å². The lowest BCUT2D eigenvalue weighted by Gasteiger charge is -2.15. The molecule has 3 nitrogen and oxygen atoms in total. The summed E-state index contributed by atoms with van der Waals surface area (Å²) in [6.45, 7) is 9.55. The summed E-state index contributed by atoms with van der Waals surface area (Å²) in [5.41, 5.74) is 3.58. The van der Waals surface area contributed by atoms with Gasteiger partial charge in [-0.15, -0.1) is 0 Å². The van der Waals surface area contributed by atoms with Crippen LogP contribution in [0, 0.1) is 0 Å². The van der Waals surface area contributed by atoms with Crippen molar-refractivity contribution in [2.24, 2.45) is 0 Å². The highest BCUT2D eigenvalue weighted by atomic mass is 16.5. The molecule has 2 aromatic carbocycles. The summed E-state index contributed by atoms with van der Waals surface area (Å²) in [5, 5.41) is 0. The van der Waals surface area contributed by atoms with Crippen molar-refractivity contribution in [1.82, 2.24) is 0 Å². The van der Waals surface area contributed by atoms with Crippen molar-refractivity contribution in [1.29, 1.82) is 0 Å². The molecule has 0 spiro atoms. The molecular formula is C33H46O3. The Hall–Kier alpha value is -2.81. The molecule has 196 valence electrons. The number of carbonyl (C=O) groups excluding carboxylic acids is 1. The normalized spacial score (nSPS) is 11.1. The van der Waals surface area contributed by atoms with Gasteiger partial charge < -0.3 is 9.47 Å². The molecule has 0 aliphatic rings. The third-order valence-corrected chi connectivity index (χ3v) is 6.39. The van der Waals surface area contributed by atoms with Crippen molar-refractivity contribution in [2.45, 2.75) is 90.9 Å². The van der Waals surface area contributed by atoms with Crippen LogP contribution in [0.4, 0.5) is 0 Å². The summed E-state index contributed by atoms with van der Waals surface area (Å²) in [6, 6.07) is 12.0. The summed E-state index contributed by atoms with van der Waals surface area (Å²) in [6.07, 6.45) is 21.3. The molecule has 0 aliphatic carbocycles. The van der Waals surface area contributed by atoms with E-state index in [9.17, 15) is 4.79 Å². The average Bonchev–Trinajstić information content (AvgIpc) is 2.91. The fourth-order valence-electron chi connectivity index (χ4n) is 4.17. The first-order valence-electron chi connectivity index (χ1n) is 14.0. The molecule has 2 rings (SSSR count). The van der Waals surface area contributed by atoms with E-state index in [4.69, 9.17) is 9.47 Å². The Bertz CT molecular complexity index is 911. The smallest absolute Gasteiger partial charge is 0.153 e. The molecule has 0 saturated carbocycles. The van der Waals surface area contributed by atoms with E-state index in [1.165, 1.54) is 57.8 Å². The van der Waals surface area contributed by atoms with Gasteiger partial charge in [0.1, 0.15) is 11.5 Å². The third kappa shape index (κ3) is 11.3. The number of rotatable bonds is 20. The Balaban J connectivity index is 2.10. The zero-order chi connectivity index (χ0) is 25.8. The summed E-state index contributed by atoms with van der Waals surface area (Å²) in [4.78, 5) is 12.0. The number of unbranched alkanes of at least 4 members (excludes halogenated alkanes) is 10. The third-order valence-electron chi connectivity index (χ3n) is 6.39. The van der Waals surface area contributed by atoms with Crippen molar-refractivity contribution in [3.8, 4) is 11.5 Å². The molecule has 2 aromatic rings. The van der Waals surface area contributed by atoms with E-state index in [2.05, 4.69) is 32.6 Å². The van der Waals surface area contributed by atoms with E-state index in [-0.39, 0.29) is 0 Å². The van der Waals surface area contributed by atoms with Gasteiger partial charge in [-0.05, 0) is 36.1 Å². The summed E-state index contributed by atoms with van der Waals surface area (Å²) < 4.78 is 12.2. The molecule has 0 bridgehead atoms. The van der Waals surface area contributed by atoms with Gasteiger partial charge >= 0.3 is 0 Å². The Kier molecular flexibility index (Phi) is 15.1. The minimum Gasteiger partial charge on any atom is -0.494 e. The number of hydrogen-bond acceptors (Lipinski definition) is 3. The van der Waals surface area contributed by atoms with Crippen LogP contribution < -0.4 is 9.47 Å². The van der Waals surface area contributed by atoms with Crippen LogP contribution in [0.15, 0.2) is 43.0 Å². The molecule has 36 heavy (non-hydrogen) atoms. The highest BCUT2D eigenvalue weighted by Crippen LogP contribution is 2.31. The minimum absolute atomic E-state index is 0.545. The van der Waals surface area contributed by atoms with Gasteiger partial charge in [-0.25, -0.2) is 0 Å². The number of aldehydes is 1. The van der Waals surface area contributed by atoms with Gasteiger partial charge in [-0.1, -0.05) is 127 Å². The first kappa shape index (κ1) is 29.4. The Morgan fingerprint density at radius 3 is 1.78 bits per heavy atom. The zero-order valence-corrected chi connectivity index (χ0v) is 22.6. The van der Waals surface area contributed by atoms with E-state index < -0.39 is 0 Å². The van der Waals surface area contributed by atoms with Gasteiger partial charge in [0.2, 0.25) is 0 Å². The monoisotopic (exact) mass is 490 g/mol. The Morgan fingerprint density at radius 2 is 1.19 bits per heavy atom. The molecule has 0 amide bonds. The van der Waals surface area contributed by atoms with Crippen LogP contribution in [-0.4, -0.2) is 19.5 Å². The van der Waals surface area contributed by atoms with E-state index in [0.29, 0.717) is 24.5 Å². The molecule has 3 heteroatoms. The maximum atomic E-state index is 12.0. The molecule has 0 aromatic heterocycles. The van der Waals surface area contributed by atoms with E-state index in [1.54, 1.807) is 0 Å². The van der Waals surface area contributed by atoms with E-state index >= 15 is 0 Å². The van der Waals surface area contributed by atoms with Crippen LogP contribution in [0.25, 0.3) is 18.2 Å². The fourth-order valence-corrected chi connectivity index (χ4v) is 4.17. The second kappa shape index (κ2) is 18.5. The van der Waals surface area contributed by atoms with Gasteiger partial charge in [-0.2, -0.15) is 0 Å². The summed E-state index contributed by atoms with van der Waals surface area (Å²) in [7, 11) is 0. The van der Waals surface area contributed by atoms with Crippen LogP contribution in [0.1, 0.15) is 118 Å². The van der Waals surface area contributed by atoms with E-state index in [0.717, 1.165) is 48.0 Å². The molecule has 0 saturated heterocycles. The zero-order valence-electron chi connectivity index (χ0n) is 22.6. The maximum Gasteiger partial charge on any atom is 0.153 e. The molecule has 0 N–H and O–H groups in total. The molecule has 0 heterocycles. The van der Waals surface area contributed by atoms with Crippen LogP contribution in [-0.2, 0) is 0 Å². The lowest BCUT2D eigenvalue weighted by atomic mass is 10.1.